The van der Waals surface area contributed by atoms with Gasteiger partial charge < -0.3 is 4.74 Å². The van der Waals surface area contributed by atoms with E-state index in [9.17, 15) is 4.79 Å². The van der Waals surface area contributed by atoms with E-state index in [0.29, 0.717) is 15.5 Å². The minimum Gasteiger partial charge on any atom is -0.425 e. The molecular weight excluding hydrogens is 192 g/mol. The van der Waals surface area contributed by atoms with Crippen LogP contribution in [0.4, 0.5) is 0 Å². The Hall–Kier alpha value is -0.610. The molecule has 0 atom stereocenters. The van der Waals surface area contributed by atoms with Crippen molar-refractivity contribution in [1.82, 2.24) is 0 Å². The van der Waals surface area contributed by atoms with Gasteiger partial charge in [0, 0.05) is 11.8 Å². The van der Waals surface area contributed by atoms with E-state index in [-0.39, 0.29) is 5.97 Å². The number of carbonyl (C=O) groups is 1. The van der Waals surface area contributed by atoms with Crippen LogP contribution in [0.15, 0.2) is 28.0 Å². The van der Waals surface area contributed by atoms with Crippen LogP contribution in [0, 0.1) is 0 Å². The van der Waals surface area contributed by atoms with Gasteiger partial charge in [0.1, 0.15) is 5.75 Å². The van der Waals surface area contributed by atoms with Crippen molar-refractivity contribution in [2.75, 3.05) is 0 Å². The van der Waals surface area contributed by atoms with Crippen molar-refractivity contribution in [3.05, 3.63) is 18.2 Å². The second-order valence-electron chi connectivity index (χ2n) is 2.22. The van der Waals surface area contributed by atoms with Crippen molar-refractivity contribution in [2.24, 2.45) is 0 Å². The van der Waals surface area contributed by atoms with Gasteiger partial charge >= 0.3 is 5.97 Å². The molecule has 0 unspecified atom stereocenters. The third kappa shape index (κ3) is 2.19. The summed E-state index contributed by atoms with van der Waals surface area (Å²) in [6, 6.07) is 5.20. The van der Waals surface area contributed by atoms with Gasteiger partial charge in [-0.05, 0) is 12.1 Å². The first-order valence-corrected chi connectivity index (χ1v) is 4.20. The lowest BCUT2D eigenvalue weighted by Gasteiger charge is -2.05. The van der Waals surface area contributed by atoms with E-state index in [1.54, 1.807) is 18.2 Å². The Balaban J connectivity index is 3.00. The van der Waals surface area contributed by atoms with Crippen molar-refractivity contribution in [3.8, 4) is 5.75 Å². The highest BCUT2D eigenvalue weighted by Crippen LogP contribution is 2.28. The van der Waals surface area contributed by atoms with Crippen molar-refractivity contribution in [3.63, 3.8) is 0 Å². The molecule has 1 rings (SSSR count). The summed E-state index contributed by atoms with van der Waals surface area (Å²) in [5, 5.41) is 0. The second kappa shape index (κ2) is 3.87. The Morgan fingerprint density at radius 3 is 2.67 bits per heavy atom. The van der Waals surface area contributed by atoms with Crippen LogP contribution in [0.1, 0.15) is 6.92 Å². The summed E-state index contributed by atoms with van der Waals surface area (Å²) in [7, 11) is 0. The number of benzene rings is 1. The van der Waals surface area contributed by atoms with E-state index in [1.165, 1.54) is 6.92 Å². The molecule has 0 spiro atoms. The van der Waals surface area contributed by atoms with E-state index < -0.39 is 0 Å². The lowest BCUT2D eigenvalue weighted by molar-refractivity contribution is -0.132. The summed E-state index contributed by atoms with van der Waals surface area (Å²) >= 11 is 8.25. The highest BCUT2D eigenvalue weighted by Gasteiger charge is 2.04. The molecule has 0 heterocycles. The number of hydrogen-bond acceptors (Lipinski definition) is 4. The molecule has 0 amide bonds. The van der Waals surface area contributed by atoms with Gasteiger partial charge in [-0.25, -0.2) is 0 Å². The van der Waals surface area contributed by atoms with E-state index in [1.807, 2.05) is 0 Å². The smallest absolute Gasteiger partial charge is 0.308 e. The molecule has 1 aromatic carbocycles. The van der Waals surface area contributed by atoms with Gasteiger partial charge in [0.05, 0.1) is 4.90 Å². The maximum Gasteiger partial charge on any atom is 0.308 e. The van der Waals surface area contributed by atoms with Gasteiger partial charge in [-0.1, -0.05) is 6.07 Å². The molecule has 2 nitrogen and oxygen atoms in total. The lowest BCUT2D eigenvalue weighted by atomic mass is 10.3. The van der Waals surface area contributed by atoms with Crippen LogP contribution in [0.5, 0.6) is 5.75 Å². The predicted molar refractivity (Wildman–Crippen MR) is 52.3 cm³/mol. The van der Waals surface area contributed by atoms with Crippen LogP contribution >= 0.6 is 25.3 Å². The lowest BCUT2D eigenvalue weighted by Crippen LogP contribution is -2.01. The molecule has 0 aromatic heterocycles. The monoisotopic (exact) mass is 200 g/mol. The average Bonchev–Trinajstić information content (AvgIpc) is 1.98. The Morgan fingerprint density at radius 2 is 2.08 bits per heavy atom. The van der Waals surface area contributed by atoms with Gasteiger partial charge in [-0.15, -0.1) is 25.3 Å². The maximum absolute atomic E-state index is 10.6. The summed E-state index contributed by atoms with van der Waals surface area (Å²) in [6.45, 7) is 1.35. The Morgan fingerprint density at radius 1 is 1.42 bits per heavy atom. The quantitative estimate of drug-likeness (QED) is 0.413. The largest absolute Gasteiger partial charge is 0.425 e. The fraction of sp³-hybridized carbons (Fsp3) is 0.125. The molecule has 0 fully saturated rings. The topological polar surface area (TPSA) is 26.3 Å². The van der Waals surface area contributed by atoms with Gasteiger partial charge in [0.2, 0.25) is 0 Å². The molecule has 4 heteroatoms. The van der Waals surface area contributed by atoms with Crippen molar-refractivity contribution < 1.29 is 9.53 Å². The molecule has 0 saturated heterocycles. The second-order valence-corrected chi connectivity index (χ2v) is 3.15. The van der Waals surface area contributed by atoms with Gasteiger partial charge in [0.15, 0.2) is 0 Å². The zero-order valence-electron chi connectivity index (χ0n) is 6.44. The number of ether oxygens (including phenoxy) is 1. The standard InChI is InChI=1S/C8H8O2S2/c1-5(9)10-6-3-2-4-7(11)8(6)12/h2-4,11-12H,1H3. The van der Waals surface area contributed by atoms with Gasteiger partial charge in [-0.3, -0.25) is 4.79 Å². The van der Waals surface area contributed by atoms with E-state index >= 15 is 0 Å². The summed E-state index contributed by atoms with van der Waals surface area (Å²) < 4.78 is 4.86. The SMILES string of the molecule is CC(=O)Oc1cccc(S)c1S. The fourth-order valence-corrected chi connectivity index (χ4v) is 1.14. The van der Waals surface area contributed by atoms with Crippen LogP contribution in [0.3, 0.4) is 0 Å². The molecule has 0 aliphatic carbocycles. The van der Waals surface area contributed by atoms with Crippen LogP contribution in [0.25, 0.3) is 0 Å². The zero-order valence-corrected chi connectivity index (χ0v) is 8.23. The van der Waals surface area contributed by atoms with E-state index in [4.69, 9.17) is 4.74 Å². The van der Waals surface area contributed by atoms with Gasteiger partial charge in [0.25, 0.3) is 0 Å². The normalized spacial score (nSPS) is 9.58. The maximum atomic E-state index is 10.6. The molecule has 64 valence electrons. The third-order valence-electron chi connectivity index (χ3n) is 1.23. The molecule has 0 N–H and O–H groups in total. The van der Waals surface area contributed by atoms with Crippen LogP contribution in [0.2, 0.25) is 0 Å². The number of hydrogen-bond donors (Lipinski definition) is 2. The number of carbonyl (C=O) groups excluding carboxylic acids is 1. The predicted octanol–water partition coefficient (Wildman–Crippen LogP) is 2.19. The van der Waals surface area contributed by atoms with Crippen molar-refractivity contribution in [1.29, 1.82) is 0 Å². The molecule has 0 bridgehead atoms. The molecule has 0 saturated carbocycles. The summed E-state index contributed by atoms with van der Waals surface area (Å²) in [6.07, 6.45) is 0. The van der Waals surface area contributed by atoms with Crippen molar-refractivity contribution in [2.45, 2.75) is 16.7 Å². The molecule has 12 heavy (non-hydrogen) atoms. The molecule has 0 radical (unpaired) electrons. The fourth-order valence-electron chi connectivity index (χ4n) is 0.748. The first kappa shape index (κ1) is 9.48. The minimum atomic E-state index is -0.357. The number of thiol groups is 2. The Bertz CT molecular complexity index is 310. The summed E-state index contributed by atoms with van der Waals surface area (Å²) in [4.78, 5) is 11.9. The molecular formula is C8H8O2S2. The minimum absolute atomic E-state index is 0.357. The van der Waals surface area contributed by atoms with Crippen molar-refractivity contribution >= 4 is 31.2 Å². The van der Waals surface area contributed by atoms with Crippen LogP contribution in [-0.2, 0) is 4.79 Å². The number of rotatable bonds is 1. The summed E-state index contributed by atoms with van der Waals surface area (Å²) in [5.74, 6) is 0.0857. The molecule has 0 aliphatic heterocycles. The molecule has 0 aliphatic rings. The summed E-state index contributed by atoms with van der Waals surface area (Å²) in [5.41, 5.74) is 0. The highest BCUT2D eigenvalue weighted by molar-refractivity contribution is 7.83. The highest BCUT2D eigenvalue weighted by atomic mass is 32.1. The number of esters is 1. The zero-order chi connectivity index (χ0) is 9.14. The Kier molecular flexibility index (Phi) is 3.05. The third-order valence-corrected chi connectivity index (χ3v) is 2.24. The molecule has 1 aromatic rings. The Labute approximate surface area is 81.7 Å². The van der Waals surface area contributed by atoms with Crippen LogP contribution < -0.4 is 4.74 Å². The van der Waals surface area contributed by atoms with E-state index in [0.717, 1.165) is 0 Å². The van der Waals surface area contributed by atoms with Crippen LogP contribution in [-0.4, -0.2) is 5.97 Å². The van der Waals surface area contributed by atoms with E-state index in [2.05, 4.69) is 25.3 Å². The first-order valence-electron chi connectivity index (χ1n) is 3.30. The van der Waals surface area contributed by atoms with Gasteiger partial charge in [-0.2, -0.15) is 0 Å². The average molecular weight is 200 g/mol. The first-order chi connectivity index (χ1) is 5.61.